The first-order chi connectivity index (χ1) is 9.36. The van der Waals surface area contributed by atoms with Crippen LogP contribution in [0.1, 0.15) is 31.2 Å². The second kappa shape index (κ2) is 5.74. The maximum atomic E-state index is 12.8. The topological polar surface area (TPSA) is 32.3 Å². The number of aryl methyl sites for hydroxylation is 1. The Morgan fingerprint density at radius 3 is 2.95 bits per heavy atom. The van der Waals surface area contributed by atoms with Gasteiger partial charge in [-0.15, -0.1) is 0 Å². The van der Waals surface area contributed by atoms with E-state index in [1.807, 2.05) is 11.0 Å². The number of carbonyl (C=O) groups excluding carboxylic acids is 1. The zero-order valence-electron chi connectivity index (χ0n) is 11.4. The van der Waals surface area contributed by atoms with Crippen LogP contribution in [0.25, 0.3) is 0 Å². The standard InChI is InChI=1S/C16H22N2O/c19-16(14-8-5-10-17-12-14)18-11-4-3-7-13-6-1-2-9-15(13)18/h1-2,6,9,14,17H,3-5,7-8,10-12H2/t14-/m0/s1. The van der Waals surface area contributed by atoms with E-state index in [0.29, 0.717) is 5.91 Å². The number of nitrogens with zero attached hydrogens (tertiary/aromatic N) is 1. The van der Waals surface area contributed by atoms with Gasteiger partial charge in [0.2, 0.25) is 5.91 Å². The molecule has 2 aliphatic heterocycles. The minimum Gasteiger partial charge on any atom is -0.316 e. The van der Waals surface area contributed by atoms with Gasteiger partial charge in [-0.05, 0) is 50.3 Å². The van der Waals surface area contributed by atoms with Gasteiger partial charge >= 0.3 is 0 Å². The van der Waals surface area contributed by atoms with Crippen molar-refractivity contribution in [1.29, 1.82) is 0 Å². The normalized spacial score (nSPS) is 23.6. The lowest BCUT2D eigenvalue weighted by molar-refractivity contribution is -0.122. The van der Waals surface area contributed by atoms with Crippen LogP contribution in [0.5, 0.6) is 0 Å². The molecule has 0 spiro atoms. The van der Waals surface area contributed by atoms with Gasteiger partial charge in [0.15, 0.2) is 0 Å². The zero-order chi connectivity index (χ0) is 13.1. The van der Waals surface area contributed by atoms with Gasteiger partial charge in [-0.25, -0.2) is 0 Å². The van der Waals surface area contributed by atoms with Gasteiger partial charge in [0.25, 0.3) is 0 Å². The summed E-state index contributed by atoms with van der Waals surface area (Å²) < 4.78 is 0. The van der Waals surface area contributed by atoms with Gasteiger partial charge in [-0.3, -0.25) is 4.79 Å². The lowest BCUT2D eigenvalue weighted by Crippen LogP contribution is -2.43. The van der Waals surface area contributed by atoms with Crippen molar-refractivity contribution in [3.63, 3.8) is 0 Å². The molecule has 1 fully saturated rings. The second-order valence-corrected chi connectivity index (χ2v) is 5.62. The van der Waals surface area contributed by atoms with Crippen LogP contribution in [0.4, 0.5) is 5.69 Å². The molecule has 0 aromatic heterocycles. The molecule has 0 radical (unpaired) electrons. The predicted molar refractivity (Wildman–Crippen MR) is 77.3 cm³/mol. The third kappa shape index (κ3) is 2.66. The van der Waals surface area contributed by atoms with Gasteiger partial charge in [-0.2, -0.15) is 0 Å². The Labute approximate surface area is 115 Å². The average Bonchev–Trinajstić information content (AvgIpc) is 2.70. The fourth-order valence-electron chi connectivity index (χ4n) is 3.20. The third-order valence-corrected chi connectivity index (χ3v) is 4.27. The fraction of sp³-hybridized carbons (Fsp3) is 0.562. The van der Waals surface area contributed by atoms with E-state index in [-0.39, 0.29) is 5.92 Å². The number of hydrogen-bond acceptors (Lipinski definition) is 2. The van der Waals surface area contributed by atoms with Crippen molar-refractivity contribution >= 4 is 11.6 Å². The van der Waals surface area contributed by atoms with Crippen LogP contribution in [0.2, 0.25) is 0 Å². The Morgan fingerprint density at radius 1 is 1.21 bits per heavy atom. The lowest BCUT2D eigenvalue weighted by atomic mass is 9.97. The molecule has 19 heavy (non-hydrogen) atoms. The molecule has 3 heteroatoms. The fourth-order valence-corrected chi connectivity index (χ4v) is 3.20. The molecule has 1 aromatic carbocycles. The second-order valence-electron chi connectivity index (χ2n) is 5.62. The molecule has 1 aromatic rings. The molecule has 3 rings (SSSR count). The molecule has 3 nitrogen and oxygen atoms in total. The summed E-state index contributed by atoms with van der Waals surface area (Å²) >= 11 is 0. The van der Waals surface area contributed by atoms with Crippen molar-refractivity contribution in [2.24, 2.45) is 5.92 Å². The monoisotopic (exact) mass is 258 g/mol. The van der Waals surface area contributed by atoms with Crippen LogP contribution in [0.15, 0.2) is 24.3 Å². The summed E-state index contributed by atoms with van der Waals surface area (Å²) in [6.07, 6.45) is 5.55. The summed E-state index contributed by atoms with van der Waals surface area (Å²) in [5, 5.41) is 3.35. The number of anilines is 1. The Balaban J connectivity index is 1.84. The average molecular weight is 258 g/mol. The SMILES string of the molecule is O=C([C@H]1CCCNC1)N1CCCCc2ccccc21. The first-order valence-electron chi connectivity index (χ1n) is 7.46. The molecule has 2 aliphatic rings. The smallest absolute Gasteiger partial charge is 0.231 e. The highest BCUT2D eigenvalue weighted by molar-refractivity contribution is 5.96. The Hall–Kier alpha value is -1.35. The number of piperidine rings is 1. The first kappa shape index (κ1) is 12.7. The summed E-state index contributed by atoms with van der Waals surface area (Å²) in [7, 11) is 0. The van der Waals surface area contributed by atoms with E-state index in [2.05, 4.69) is 23.5 Å². The number of fused-ring (bicyclic) bond motifs is 1. The molecule has 1 N–H and O–H groups in total. The predicted octanol–water partition coefficient (Wildman–Crippen LogP) is 2.36. The highest BCUT2D eigenvalue weighted by Crippen LogP contribution is 2.28. The van der Waals surface area contributed by atoms with Crippen LogP contribution >= 0.6 is 0 Å². The Kier molecular flexibility index (Phi) is 3.83. The first-order valence-corrected chi connectivity index (χ1v) is 7.46. The maximum absolute atomic E-state index is 12.8. The lowest BCUT2D eigenvalue weighted by Gasteiger charge is -2.30. The number of rotatable bonds is 1. The summed E-state index contributed by atoms with van der Waals surface area (Å²) in [5.41, 5.74) is 2.48. The van der Waals surface area contributed by atoms with Crippen molar-refractivity contribution in [3.05, 3.63) is 29.8 Å². The van der Waals surface area contributed by atoms with Crippen molar-refractivity contribution in [1.82, 2.24) is 5.32 Å². The summed E-state index contributed by atoms with van der Waals surface area (Å²) in [6, 6.07) is 8.40. The molecule has 0 aliphatic carbocycles. The maximum Gasteiger partial charge on any atom is 0.231 e. The molecule has 0 unspecified atom stereocenters. The van der Waals surface area contributed by atoms with Crippen molar-refractivity contribution in [2.75, 3.05) is 24.5 Å². The molecule has 1 atom stereocenters. The number of benzene rings is 1. The van der Waals surface area contributed by atoms with Crippen molar-refractivity contribution in [2.45, 2.75) is 32.1 Å². The molecular weight excluding hydrogens is 236 g/mol. The van der Waals surface area contributed by atoms with Crippen molar-refractivity contribution in [3.8, 4) is 0 Å². The van der Waals surface area contributed by atoms with E-state index in [1.165, 1.54) is 12.0 Å². The Morgan fingerprint density at radius 2 is 2.11 bits per heavy atom. The molecule has 1 saturated heterocycles. The van der Waals surface area contributed by atoms with E-state index in [4.69, 9.17) is 0 Å². The van der Waals surface area contributed by atoms with Crippen LogP contribution in [-0.4, -0.2) is 25.5 Å². The largest absolute Gasteiger partial charge is 0.316 e. The van der Waals surface area contributed by atoms with Gasteiger partial charge in [0, 0.05) is 18.8 Å². The van der Waals surface area contributed by atoms with Crippen LogP contribution < -0.4 is 10.2 Å². The highest BCUT2D eigenvalue weighted by Gasteiger charge is 2.28. The minimum atomic E-state index is 0.167. The van der Waals surface area contributed by atoms with Gasteiger partial charge in [0.05, 0.1) is 5.92 Å². The number of para-hydroxylation sites is 1. The number of carbonyl (C=O) groups is 1. The number of nitrogens with one attached hydrogen (secondary N) is 1. The molecule has 1 amide bonds. The molecule has 0 bridgehead atoms. The van der Waals surface area contributed by atoms with Gasteiger partial charge in [-0.1, -0.05) is 18.2 Å². The number of hydrogen-bond donors (Lipinski definition) is 1. The zero-order valence-corrected chi connectivity index (χ0v) is 11.4. The summed E-state index contributed by atoms with van der Waals surface area (Å²) in [4.78, 5) is 14.8. The molecule has 2 heterocycles. The van der Waals surface area contributed by atoms with Crippen LogP contribution in [-0.2, 0) is 11.2 Å². The Bertz CT molecular complexity index is 452. The van der Waals surface area contributed by atoms with E-state index < -0.39 is 0 Å². The summed E-state index contributed by atoms with van der Waals surface area (Å²) in [6.45, 7) is 2.78. The van der Waals surface area contributed by atoms with E-state index in [0.717, 1.165) is 51.0 Å². The van der Waals surface area contributed by atoms with E-state index >= 15 is 0 Å². The highest BCUT2D eigenvalue weighted by atomic mass is 16.2. The van der Waals surface area contributed by atoms with E-state index in [9.17, 15) is 4.79 Å². The van der Waals surface area contributed by atoms with Crippen LogP contribution in [0, 0.1) is 5.92 Å². The molecule has 0 saturated carbocycles. The molecular formula is C16H22N2O. The van der Waals surface area contributed by atoms with E-state index in [1.54, 1.807) is 0 Å². The quantitative estimate of drug-likeness (QED) is 0.838. The van der Waals surface area contributed by atoms with Gasteiger partial charge in [0.1, 0.15) is 0 Å². The third-order valence-electron chi connectivity index (χ3n) is 4.27. The molecule has 102 valence electrons. The van der Waals surface area contributed by atoms with Gasteiger partial charge < -0.3 is 10.2 Å². The van der Waals surface area contributed by atoms with Crippen molar-refractivity contribution < 1.29 is 4.79 Å². The summed E-state index contributed by atoms with van der Waals surface area (Å²) in [5.74, 6) is 0.487. The minimum absolute atomic E-state index is 0.167. The van der Waals surface area contributed by atoms with Crippen LogP contribution in [0.3, 0.4) is 0 Å². The number of amides is 1.